The van der Waals surface area contributed by atoms with Gasteiger partial charge in [0.15, 0.2) is 5.60 Å². The minimum absolute atomic E-state index is 0.351. The van der Waals surface area contributed by atoms with E-state index in [1.807, 2.05) is 24.3 Å². The van der Waals surface area contributed by atoms with Gasteiger partial charge < -0.3 is 14.7 Å². The van der Waals surface area contributed by atoms with Crippen molar-refractivity contribution in [3.8, 4) is 5.75 Å². The van der Waals surface area contributed by atoms with E-state index in [9.17, 15) is 9.90 Å². The number of rotatable bonds is 11. The lowest BCUT2D eigenvalue weighted by Crippen LogP contribution is -2.44. The number of aryl methyl sites for hydroxylation is 4. The minimum Gasteiger partial charge on any atom is -0.477 e. The van der Waals surface area contributed by atoms with E-state index in [0.717, 1.165) is 29.9 Å². The van der Waals surface area contributed by atoms with Crippen molar-refractivity contribution in [2.75, 3.05) is 11.5 Å². The number of aliphatic hydroxyl groups is 1. The van der Waals surface area contributed by atoms with Crippen LogP contribution in [-0.4, -0.2) is 23.1 Å². The highest BCUT2D eigenvalue weighted by Gasteiger charge is 2.32. The van der Waals surface area contributed by atoms with Crippen LogP contribution in [-0.2, 0) is 17.6 Å². The molecule has 4 aromatic rings. The van der Waals surface area contributed by atoms with E-state index >= 15 is 0 Å². The van der Waals surface area contributed by atoms with Crippen LogP contribution in [0, 0.1) is 13.8 Å². The normalized spacial score (nSPS) is 12.4. The number of aliphatic hydroxyl groups excluding tert-OH is 1. The predicted molar refractivity (Wildman–Crippen MR) is 156 cm³/mol. The lowest BCUT2D eigenvalue weighted by atomic mass is 10.0. The number of anilines is 3. The smallest absolute Gasteiger partial charge is 0.200 e. The van der Waals surface area contributed by atoms with Gasteiger partial charge in [-0.2, -0.15) is 0 Å². The van der Waals surface area contributed by atoms with Gasteiger partial charge in [-0.3, -0.25) is 4.79 Å². The van der Waals surface area contributed by atoms with Crippen LogP contribution in [0.4, 0.5) is 17.1 Å². The first-order valence-electron chi connectivity index (χ1n) is 12.9. The van der Waals surface area contributed by atoms with Gasteiger partial charge in [0.2, 0.25) is 5.78 Å². The number of carbonyl (C=O) groups excluding carboxylic acids is 1. The average Bonchev–Trinajstić information content (AvgIpc) is 2.95. The fourth-order valence-corrected chi connectivity index (χ4v) is 4.30. The molecule has 0 saturated heterocycles. The molecule has 0 spiro atoms. The molecule has 0 fully saturated rings. The minimum atomic E-state index is -1.32. The van der Waals surface area contributed by atoms with Crippen molar-refractivity contribution in [2.24, 2.45) is 0 Å². The fraction of sp³-hybridized carbons (Fsp3) is 0.206. The number of hydrogen-bond donors (Lipinski definition) is 1. The molecule has 4 aromatic carbocycles. The summed E-state index contributed by atoms with van der Waals surface area (Å²) in [5, 5.41) is 9.62. The van der Waals surface area contributed by atoms with Crippen LogP contribution in [0.15, 0.2) is 110 Å². The molecule has 0 aliphatic carbocycles. The van der Waals surface area contributed by atoms with E-state index < -0.39 is 12.2 Å². The molecule has 194 valence electrons. The molecule has 4 rings (SSSR count). The summed E-state index contributed by atoms with van der Waals surface area (Å²) in [6.45, 7) is 8.84. The number of benzene rings is 4. The van der Waals surface area contributed by atoms with Crippen LogP contribution in [0.2, 0.25) is 0 Å². The van der Waals surface area contributed by atoms with Gasteiger partial charge in [0.1, 0.15) is 5.75 Å². The molecule has 0 radical (unpaired) electrons. The summed E-state index contributed by atoms with van der Waals surface area (Å²) in [6.07, 6.45) is 2.96. The number of ether oxygens (including phenoxy) is 1. The number of ketones is 1. The molecule has 0 aromatic heterocycles. The van der Waals surface area contributed by atoms with Crippen molar-refractivity contribution in [2.45, 2.75) is 39.2 Å². The van der Waals surface area contributed by atoms with Gasteiger partial charge in [0, 0.05) is 17.1 Å². The lowest BCUT2D eigenvalue weighted by molar-refractivity contribution is -0.131. The maximum absolute atomic E-state index is 12.0. The molecule has 38 heavy (non-hydrogen) atoms. The standard InChI is InChI=1S/C34H35NO3/c1-5-33(37)34(4,24-36)38-32-22-14-28(15-23-32)11-10-27-12-20-31(21-13-27)35(29-16-6-25(2)7-17-29)30-18-8-26(3)9-19-30/h5-9,12-23,36H,1,10-11,24H2,2-4H3. The van der Waals surface area contributed by atoms with Gasteiger partial charge in [-0.15, -0.1) is 0 Å². The van der Waals surface area contributed by atoms with Crippen molar-refractivity contribution >= 4 is 22.8 Å². The Labute approximate surface area is 225 Å². The van der Waals surface area contributed by atoms with Crippen LogP contribution in [0.3, 0.4) is 0 Å². The van der Waals surface area contributed by atoms with Crippen LogP contribution in [0.1, 0.15) is 29.2 Å². The zero-order valence-electron chi connectivity index (χ0n) is 22.4. The zero-order chi connectivity index (χ0) is 27.1. The topological polar surface area (TPSA) is 49.8 Å². The maximum atomic E-state index is 12.0. The third-order valence-corrected chi connectivity index (χ3v) is 6.76. The van der Waals surface area contributed by atoms with E-state index in [2.05, 4.69) is 98.1 Å². The molecule has 0 amide bonds. The van der Waals surface area contributed by atoms with Gasteiger partial charge in [-0.1, -0.05) is 66.2 Å². The van der Waals surface area contributed by atoms with Gasteiger partial charge >= 0.3 is 0 Å². The molecule has 1 N–H and O–H groups in total. The molecule has 4 nitrogen and oxygen atoms in total. The Hall–Kier alpha value is -4.15. The van der Waals surface area contributed by atoms with Crippen LogP contribution < -0.4 is 9.64 Å². The first-order chi connectivity index (χ1) is 18.3. The second kappa shape index (κ2) is 11.9. The summed E-state index contributed by atoms with van der Waals surface area (Å²) in [5.74, 6) is 0.188. The van der Waals surface area contributed by atoms with Crippen molar-refractivity contribution < 1.29 is 14.6 Å². The summed E-state index contributed by atoms with van der Waals surface area (Å²) in [5.41, 5.74) is 6.94. The first kappa shape index (κ1) is 26.9. The highest BCUT2D eigenvalue weighted by Crippen LogP contribution is 2.35. The van der Waals surface area contributed by atoms with E-state index in [0.29, 0.717) is 5.75 Å². The maximum Gasteiger partial charge on any atom is 0.200 e. The Morgan fingerprint density at radius 2 is 1.16 bits per heavy atom. The monoisotopic (exact) mass is 505 g/mol. The summed E-state index contributed by atoms with van der Waals surface area (Å²) >= 11 is 0. The van der Waals surface area contributed by atoms with E-state index in [4.69, 9.17) is 4.74 Å². The van der Waals surface area contributed by atoms with Gasteiger partial charge in [0.05, 0.1) is 6.61 Å². The SMILES string of the molecule is C=CC(=O)C(C)(CO)Oc1ccc(CCc2ccc(N(c3ccc(C)cc3)c3ccc(C)cc3)cc2)cc1. The molecule has 1 atom stereocenters. The van der Waals surface area contributed by atoms with Crippen molar-refractivity contribution in [3.05, 3.63) is 132 Å². The van der Waals surface area contributed by atoms with Crippen molar-refractivity contribution in [1.82, 2.24) is 0 Å². The summed E-state index contributed by atoms with van der Waals surface area (Å²) < 4.78 is 5.77. The molecule has 0 aliphatic rings. The van der Waals surface area contributed by atoms with Crippen molar-refractivity contribution in [1.29, 1.82) is 0 Å². The molecule has 0 heterocycles. The highest BCUT2D eigenvalue weighted by molar-refractivity contribution is 5.96. The second-order valence-electron chi connectivity index (χ2n) is 9.88. The van der Waals surface area contributed by atoms with E-state index in [-0.39, 0.29) is 5.78 Å². The zero-order valence-corrected chi connectivity index (χ0v) is 22.4. The number of carbonyl (C=O) groups is 1. The Bertz CT molecular complexity index is 1310. The molecule has 0 bridgehead atoms. The van der Waals surface area contributed by atoms with Gasteiger partial charge in [0.25, 0.3) is 0 Å². The predicted octanol–water partition coefficient (Wildman–Crippen LogP) is 7.44. The van der Waals surface area contributed by atoms with Crippen LogP contribution >= 0.6 is 0 Å². The lowest BCUT2D eigenvalue weighted by Gasteiger charge is -2.26. The fourth-order valence-electron chi connectivity index (χ4n) is 4.30. The quantitative estimate of drug-likeness (QED) is 0.215. The van der Waals surface area contributed by atoms with E-state index in [1.54, 1.807) is 6.92 Å². The Morgan fingerprint density at radius 1 is 0.763 bits per heavy atom. The number of nitrogens with zero attached hydrogens (tertiary/aromatic N) is 1. The Morgan fingerprint density at radius 3 is 1.55 bits per heavy atom. The second-order valence-corrected chi connectivity index (χ2v) is 9.88. The summed E-state index contributed by atoms with van der Waals surface area (Å²) in [6, 6.07) is 33.6. The van der Waals surface area contributed by atoms with Gasteiger partial charge in [-0.05, 0) is 99.3 Å². The van der Waals surface area contributed by atoms with E-state index in [1.165, 1.54) is 28.3 Å². The third kappa shape index (κ3) is 6.39. The molecular formula is C34H35NO3. The Kier molecular flexibility index (Phi) is 8.45. The highest BCUT2D eigenvalue weighted by atomic mass is 16.5. The molecule has 4 heteroatoms. The third-order valence-electron chi connectivity index (χ3n) is 6.76. The summed E-state index contributed by atoms with van der Waals surface area (Å²) in [4.78, 5) is 14.3. The molecular weight excluding hydrogens is 470 g/mol. The largest absolute Gasteiger partial charge is 0.477 e. The Balaban J connectivity index is 1.45. The molecule has 0 saturated carbocycles. The first-order valence-corrected chi connectivity index (χ1v) is 12.9. The van der Waals surface area contributed by atoms with Gasteiger partial charge in [-0.25, -0.2) is 0 Å². The summed E-state index contributed by atoms with van der Waals surface area (Å²) in [7, 11) is 0. The molecule has 1 unspecified atom stereocenters. The average molecular weight is 506 g/mol. The molecule has 0 aliphatic heterocycles. The van der Waals surface area contributed by atoms with Crippen LogP contribution in [0.5, 0.6) is 5.75 Å². The van der Waals surface area contributed by atoms with Crippen LogP contribution in [0.25, 0.3) is 0 Å². The number of hydrogen-bond acceptors (Lipinski definition) is 4. The van der Waals surface area contributed by atoms with Crippen molar-refractivity contribution in [3.63, 3.8) is 0 Å².